The second-order valence-electron chi connectivity index (χ2n) is 4.87. The molecule has 0 atom stereocenters. The third kappa shape index (κ3) is 5.90. The molecule has 0 fully saturated rings. The third-order valence-electron chi connectivity index (χ3n) is 2.56. The minimum absolute atomic E-state index is 0.0258. The molecule has 0 heterocycles. The average Bonchev–Trinajstić information content (AvgIpc) is 2.30. The van der Waals surface area contributed by atoms with Crippen LogP contribution in [0.5, 0.6) is 0 Å². The maximum Gasteiger partial charge on any atom is 0.235 e. The Morgan fingerprint density at radius 3 is 2.60 bits per heavy atom. The fraction of sp³-hybridized carbons (Fsp3) is 0.462. The molecule has 0 aliphatic heterocycles. The summed E-state index contributed by atoms with van der Waals surface area (Å²) in [6, 6.07) is 5.06. The van der Waals surface area contributed by atoms with Gasteiger partial charge >= 0.3 is 0 Å². The molecular weight excluding hydrogens is 300 g/mol. The summed E-state index contributed by atoms with van der Waals surface area (Å²) in [7, 11) is -3.57. The molecule has 1 rings (SSSR count). The Morgan fingerprint density at radius 1 is 1.35 bits per heavy atom. The lowest BCUT2D eigenvalue weighted by Crippen LogP contribution is -2.40. The fourth-order valence-corrected chi connectivity index (χ4v) is 2.97. The number of nitrogens with one attached hydrogen (secondary N) is 2. The van der Waals surface area contributed by atoms with Gasteiger partial charge in [-0.3, -0.25) is 4.79 Å². The summed E-state index contributed by atoms with van der Waals surface area (Å²) in [5.74, 6) is -0.555. The van der Waals surface area contributed by atoms with E-state index in [4.69, 9.17) is 11.6 Å². The molecule has 0 aliphatic carbocycles. The smallest absolute Gasteiger partial charge is 0.235 e. The minimum atomic E-state index is -3.57. The Morgan fingerprint density at radius 2 is 2.00 bits per heavy atom. The number of carbonyl (C=O) groups excluding carboxylic acids is 1. The SMILES string of the molecule is Cc1ccc(Cl)cc1CS(=O)(=O)NCC(=O)NC(C)C. The summed E-state index contributed by atoms with van der Waals surface area (Å²) in [5, 5.41) is 3.10. The number of halogens is 1. The van der Waals surface area contributed by atoms with E-state index in [1.54, 1.807) is 18.2 Å². The number of hydrogen-bond acceptors (Lipinski definition) is 3. The molecule has 0 unspecified atom stereocenters. The standard InChI is InChI=1S/C13H19ClN2O3S/c1-9(2)16-13(17)7-15-20(18,19)8-11-6-12(14)5-4-10(11)3/h4-6,9,15H,7-8H2,1-3H3,(H,16,17). The van der Waals surface area contributed by atoms with Gasteiger partial charge < -0.3 is 5.32 Å². The Labute approximate surface area is 124 Å². The zero-order chi connectivity index (χ0) is 15.3. The van der Waals surface area contributed by atoms with Gasteiger partial charge in [-0.05, 0) is 44.0 Å². The zero-order valence-electron chi connectivity index (χ0n) is 11.7. The van der Waals surface area contributed by atoms with E-state index in [1.807, 2.05) is 20.8 Å². The predicted octanol–water partition coefficient (Wildman–Crippen LogP) is 1.59. The molecule has 112 valence electrons. The molecule has 20 heavy (non-hydrogen) atoms. The molecule has 0 spiro atoms. The van der Waals surface area contributed by atoms with Crippen molar-refractivity contribution in [2.24, 2.45) is 0 Å². The van der Waals surface area contributed by atoms with Crippen LogP contribution in [0, 0.1) is 6.92 Å². The monoisotopic (exact) mass is 318 g/mol. The van der Waals surface area contributed by atoms with Crippen LogP contribution < -0.4 is 10.0 Å². The molecular formula is C13H19ClN2O3S. The van der Waals surface area contributed by atoms with Crippen molar-refractivity contribution in [2.75, 3.05) is 6.54 Å². The van der Waals surface area contributed by atoms with Gasteiger partial charge in [-0.1, -0.05) is 17.7 Å². The van der Waals surface area contributed by atoms with E-state index < -0.39 is 10.0 Å². The molecule has 0 saturated heterocycles. The topological polar surface area (TPSA) is 75.3 Å². The summed E-state index contributed by atoms with van der Waals surface area (Å²) in [4.78, 5) is 11.4. The van der Waals surface area contributed by atoms with Crippen LogP contribution in [0.2, 0.25) is 5.02 Å². The highest BCUT2D eigenvalue weighted by Crippen LogP contribution is 2.17. The van der Waals surface area contributed by atoms with Gasteiger partial charge in [0, 0.05) is 11.1 Å². The Balaban J connectivity index is 2.66. The zero-order valence-corrected chi connectivity index (χ0v) is 13.3. The highest BCUT2D eigenvalue weighted by Gasteiger charge is 2.15. The van der Waals surface area contributed by atoms with Crippen LogP contribution in [0.25, 0.3) is 0 Å². The second kappa shape index (κ2) is 7.06. The van der Waals surface area contributed by atoms with Crippen LogP contribution >= 0.6 is 11.6 Å². The van der Waals surface area contributed by atoms with Crippen molar-refractivity contribution in [2.45, 2.75) is 32.6 Å². The third-order valence-corrected chi connectivity index (χ3v) is 4.07. The first-order valence-corrected chi connectivity index (χ1v) is 8.24. The van der Waals surface area contributed by atoms with Crippen LogP contribution in [0.3, 0.4) is 0 Å². The summed E-state index contributed by atoms with van der Waals surface area (Å²) >= 11 is 5.85. The van der Waals surface area contributed by atoms with Crippen molar-refractivity contribution in [1.82, 2.24) is 10.0 Å². The van der Waals surface area contributed by atoms with Gasteiger partial charge in [-0.25, -0.2) is 13.1 Å². The van der Waals surface area contributed by atoms with Crippen molar-refractivity contribution in [1.29, 1.82) is 0 Å². The first kappa shape index (κ1) is 16.9. The van der Waals surface area contributed by atoms with Gasteiger partial charge in [0.15, 0.2) is 0 Å². The number of aryl methyl sites for hydroxylation is 1. The number of rotatable bonds is 6. The highest BCUT2D eigenvalue weighted by molar-refractivity contribution is 7.88. The van der Waals surface area contributed by atoms with Crippen LogP contribution in [0.1, 0.15) is 25.0 Å². The van der Waals surface area contributed by atoms with Gasteiger partial charge in [-0.2, -0.15) is 0 Å². The van der Waals surface area contributed by atoms with E-state index >= 15 is 0 Å². The summed E-state index contributed by atoms with van der Waals surface area (Å²) < 4.78 is 26.1. The summed E-state index contributed by atoms with van der Waals surface area (Å²) in [5.41, 5.74) is 1.46. The van der Waals surface area contributed by atoms with E-state index in [0.717, 1.165) is 5.56 Å². The quantitative estimate of drug-likeness (QED) is 0.836. The maximum atomic E-state index is 11.9. The molecule has 5 nitrogen and oxygen atoms in total. The number of carbonyl (C=O) groups is 1. The van der Waals surface area contributed by atoms with E-state index in [0.29, 0.717) is 10.6 Å². The molecule has 0 aromatic heterocycles. The lowest BCUT2D eigenvalue weighted by Gasteiger charge is -2.11. The molecule has 0 bridgehead atoms. The number of sulfonamides is 1. The highest BCUT2D eigenvalue weighted by atomic mass is 35.5. The Bertz CT molecular complexity index is 585. The van der Waals surface area contributed by atoms with Crippen molar-refractivity contribution < 1.29 is 13.2 Å². The Hall–Kier alpha value is -1.11. The molecule has 1 amide bonds. The van der Waals surface area contributed by atoms with E-state index in [-0.39, 0.29) is 24.2 Å². The average molecular weight is 319 g/mol. The fourth-order valence-electron chi connectivity index (χ4n) is 1.60. The van der Waals surface area contributed by atoms with Crippen LogP contribution in [-0.2, 0) is 20.6 Å². The summed E-state index contributed by atoms with van der Waals surface area (Å²) in [6.45, 7) is 5.16. The van der Waals surface area contributed by atoms with E-state index in [1.165, 1.54) is 0 Å². The van der Waals surface area contributed by atoms with Gasteiger partial charge in [0.05, 0.1) is 12.3 Å². The molecule has 0 aliphatic rings. The van der Waals surface area contributed by atoms with E-state index in [2.05, 4.69) is 10.0 Å². The number of benzene rings is 1. The minimum Gasteiger partial charge on any atom is -0.353 e. The van der Waals surface area contributed by atoms with Crippen LogP contribution in [0.15, 0.2) is 18.2 Å². The van der Waals surface area contributed by atoms with Gasteiger partial charge in [0.25, 0.3) is 0 Å². The largest absolute Gasteiger partial charge is 0.353 e. The van der Waals surface area contributed by atoms with Crippen molar-refractivity contribution in [3.63, 3.8) is 0 Å². The molecule has 0 saturated carbocycles. The van der Waals surface area contributed by atoms with Crippen molar-refractivity contribution in [3.05, 3.63) is 34.3 Å². The molecule has 1 aromatic carbocycles. The normalized spacial score (nSPS) is 11.7. The maximum absolute atomic E-state index is 11.9. The first-order chi connectivity index (χ1) is 9.19. The second-order valence-corrected chi connectivity index (χ2v) is 7.12. The summed E-state index contributed by atoms with van der Waals surface area (Å²) in [6.07, 6.45) is 0. The molecule has 1 aromatic rings. The molecule has 7 heteroatoms. The van der Waals surface area contributed by atoms with Crippen LogP contribution in [0.4, 0.5) is 0 Å². The number of amides is 1. The van der Waals surface area contributed by atoms with Crippen molar-refractivity contribution >= 4 is 27.5 Å². The number of hydrogen-bond donors (Lipinski definition) is 2. The first-order valence-electron chi connectivity index (χ1n) is 6.21. The Kier molecular flexibility index (Phi) is 5.98. The molecule has 2 N–H and O–H groups in total. The van der Waals surface area contributed by atoms with Gasteiger partial charge in [0.2, 0.25) is 15.9 Å². The van der Waals surface area contributed by atoms with Crippen molar-refractivity contribution in [3.8, 4) is 0 Å². The predicted molar refractivity (Wildman–Crippen MR) is 80.1 cm³/mol. The van der Waals surface area contributed by atoms with E-state index in [9.17, 15) is 13.2 Å². The van der Waals surface area contributed by atoms with Gasteiger partial charge in [0.1, 0.15) is 0 Å². The molecule has 0 radical (unpaired) electrons. The van der Waals surface area contributed by atoms with Gasteiger partial charge in [-0.15, -0.1) is 0 Å². The van der Waals surface area contributed by atoms with Crippen LogP contribution in [-0.4, -0.2) is 26.9 Å². The lowest BCUT2D eigenvalue weighted by atomic mass is 10.1. The lowest BCUT2D eigenvalue weighted by molar-refractivity contribution is -0.120.